The highest BCUT2D eigenvalue weighted by molar-refractivity contribution is 5.85. The van der Waals surface area contributed by atoms with Gasteiger partial charge in [0, 0.05) is 12.1 Å². The molecule has 3 rings (SSSR count). The Balaban J connectivity index is 1.84. The summed E-state index contributed by atoms with van der Waals surface area (Å²) < 4.78 is 2.07. The number of aryl methyl sites for hydroxylation is 3. The first-order valence-corrected chi connectivity index (χ1v) is 6.74. The van der Waals surface area contributed by atoms with Crippen molar-refractivity contribution in [1.82, 2.24) is 0 Å². The summed E-state index contributed by atoms with van der Waals surface area (Å²) in [4.78, 5) is 0. The Labute approximate surface area is 114 Å². The van der Waals surface area contributed by atoms with Crippen molar-refractivity contribution in [2.75, 3.05) is 0 Å². The minimum absolute atomic E-state index is 1.09. The molecular formula is C18H18N+. The number of hydrogen-bond donors (Lipinski definition) is 0. The van der Waals surface area contributed by atoms with E-state index in [4.69, 9.17) is 0 Å². The third-order valence-corrected chi connectivity index (χ3v) is 3.61. The maximum atomic E-state index is 2.24. The van der Waals surface area contributed by atoms with Gasteiger partial charge < -0.3 is 0 Å². The van der Waals surface area contributed by atoms with E-state index in [0.29, 0.717) is 0 Å². The van der Waals surface area contributed by atoms with E-state index in [0.717, 1.165) is 12.8 Å². The molecule has 1 heteroatoms. The molecule has 3 aromatic rings. The van der Waals surface area contributed by atoms with Crippen LogP contribution in [-0.4, -0.2) is 0 Å². The normalized spacial score (nSPS) is 10.8. The molecule has 2 aromatic carbocycles. The van der Waals surface area contributed by atoms with Crippen molar-refractivity contribution in [3.63, 3.8) is 0 Å². The smallest absolute Gasteiger partial charge is 0.168 e. The molecule has 0 aliphatic heterocycles. The predicted molar refractivity (Wildman–Crippen MR) is 79.0 cm³/mol. The zero-order chi connectivity index (χ0) is 13.1. The maximum absolute atomic E-state index is 2.24. The van der Waals surface area contributed by atoms with Gasteiger partial charge >= 0.3 is 0 Å². The molecule has 0 atom stereocenters. The van der Waals surface area contributed by atoms with Crippen LogP contribution in [0.5, 0.6) is 0 Å². The molecule has 0 aliphatic carbocycles. The Morgan fingerprint density at radius 2 is 1.53 bits per heavy atom. The Bertz CT molecular complexity index is 678. The zero-order valence-corrected chi connectivity index (χ0v) is 11.2. The molecule has 0 saturated heterocycles. The number of aromatic nitrogens is 1. The Hall–Kier alpha value is -2.15. The lowest BCUT2D eigenvalue weighted by atomic mass is 9.99. The van der Waals surface area contributed by atoms with Gasteiger partial charge in [-0.3, -0.25) is 0 Å². The first-order chi connectivity index (χ1) is 9.33. The molecule has 1 heterocycles. The van der Waals surface area contributed by atoms with Crippen LogP contribution in [0.25, 0.3) is 10.8 Å². The Morgan fingerprint density at radius 1 is 0.789 bits per heavy atom. The number of rotatable bonds is 3. The number of nitrogens with zero attached hydrogens (tertiary/aromatic N) is 1. The van der Waals surface area contributed by atoms with E-state index in [-0.39, 0.29) is 0 Å². The minimum atomic E-state index is 1.09. The fraction of sp³-hybridized carbons (Fsp3) is 0.167. The molecule has 0 amide bonds. The maximum Gasteiger partial charge on any atom is 0.168 e. The van der Waals surface area contributed by atoms with Crippen molar-refractivity contribution < 1.29 is 4.57 Å². The molecule has 0 spiro atoms. The van der Waals surface area contributed by atoms with Gasteiger partial charge in [0.25, 0.3) is 0 Å². The van der Waals surface area contributed by atoms with Crippen LogP contribution < -0.4 is 4.57 Å². The van der Waals surface area contributed by atoms with E-state index in [1.165, 1.54) is 21.9 Å². The number of benzene rings is 2. The number of pyridine rings is 1. The topological polar surface area (TPSA) is 3.88 Å². The summed E-state index contributed by atoms with van der Waals surface area (Å²) in [7, 11) is 2.05. The first-order valence-electron chi connectivity index (χ1n) is 6.74. The summed E-state index contributed by atoms with van der Waals surface area (Å²) in [5.41, 5.74) is 2.83. The van der Waals surface area contributed by atoms with E-state index in [2.05, 4.69) is 78.6 Å². The van der Waals surface area contributed by atoms with Gasteiger partial charge in [0.1, 0.15) is 7.05 Å². The lowest BCUT2D eigenvalue weighted by Crippen LogP contribution is -2.25. The lowest BCUT2D eigenvalue weighted by Gasteiger charge is -2.06. The Morgan fingerprint density at radius 3 is 2.37 bits per heavy atom. The van der Waals surface area contributed by atoms with E-state index in [1.807, 2.05) is 0 Å². The van der Waals surface area contributed by atoms with E-state index in [9.17, 15) is 0 Å². The molecule has 0 saturated carbocycles. The van der Waals surface area contributed by atoms with Crippen LogP contribution >= 0.6 is 0 Å². The largest absolute Gasteiger partial charge is 0.208 e. The average molecular weight is 248 g/mol. The third kappa shape index (κ3) is 2.65. The molecule has 0 aliphatic rings. The number of hydrogen-bond acceptors (Lipinski definition) is 0. The molecule has 19 heavy (non-hydrogen) atoms. The van der Waals surface area contributed by atoms with Gasteiger partial charge in [-0.1, -0.05) is 42.5 Å². The van der Waals surface area contributed by atoms with Crippen molar-refractivity contribution >= 4 is 10.8 Å². The fourth-order valence-corrected chi connectivity index (χ4v) is 2.49. The van der Waals surface area contributed by atoms with Crippen molar-refractivity contribution in [2.24, 2.45) is 7.05 Å². The minimum Gasteiger partial charge on any atom is -0.208 e. The molecule has 94 valence electrons. The van der Waals surface area contributed by atoms with Crippen molar-refractivity contribution in [2.45, 2.75) is 12.8 Å². The lowest BCUT2D eigenvalue weighted by molar-refractivity contribution is -0.671. The van der Waals surface area contributed by atoms with E-state index >= 15 is 0 Å². The highest BCUT2D eigenvalue weighted by Crippen LogP contribution is 2.19. The van der Waals surface area contributed by atoms with Gasteiger partial charge in [0.05, 0.1) is 0 Å². The van der Waals surface area contributed by atoms with Crippen LogP contribution in [-0.2, 0) is 19.9 Å². The van der Waals surface area contributed by atoms with Crippen LogP contribution in [0.4, 0.5) is 0 Å². The molecule has 0 unspecified atom stereocenters. The summed E-state index contributed by atoms with van der Waals surface area (Å²) in [5, 5.41) is 2.71. The molecule has 0 fully saturated rings. The van der Waals surface area contributed by atoms with Gasteiger partial charge in [0.2, 0.25) is 0 Å². The van der Waals surface area contributed by atoms with Gasteiger partial charge in [-0.2, -0.15) is 0 Å². The van der Waals surface area contributed by atoms with Crippen LogP contribution in [0.1, 0.15) is 11.1 Å². The quantitative estimate of drug-likeness (QED) is 0.625. The van der Waals surface area contributed by atoms with Gasteiger partial charge in [-0.25, -0.2) is 4.57 Å². The standard InChI is InChI=1S/C18H18N/c1-19-13-11-15(12-14-19)9-10-17-7-4-6-16-5-2-3-8-18(16)17/h2-8,11-14H,9-10H2,1H3/q+1. The molecule has 0 radical (unpaired) electrons. The van der Waals surface area contributed by atoms with Crippen LogP contribution in [0.3, 0.4) is 0 Å². The molecular weight excluding hydrogens is 230 g/mol. The first kappa shape index (κ1) is 11.9. The third-order valence-electron chi connectivity index (χ3n) is 3.61. The zero-order valence-electron chi connectivity index (χ0n) is 11.2. The van der Waals surface area contributed by atoms with Crippen molar-refractivity contribution in [3.05, 3.63) is 78.1 Å². The summed E-state index contributed by atoms with van der Waals surface area (Å²) in [6.45, 7) is 0. The second-order valence-electron chi connectivity index (χ2n) is 5.01. The highest BCUT2D eigenvalue weighted by atomic mass is 14.9. The second kappa shape index (κ2) is 5.23. The molecule has 1 aromatic heterocycles. The monoisotopic (exact) mass is 248 g/mol. The van der Waals surface area contributed by atoms with Crippen LogP contribution in [0.2, 0.25) is 0 Å². The molecule has 0 N–H and O–H groups in total. The summed E-state index contributed by atoms with van der Waals surface area (Å²) >= 11 is 0. The fourth-order valence-electron chi connectivity index (χ4n) is 2.49. The second-order valence-corrected chi connectivity index (χ2v) is 5.01. The van der Waals surface area contributed by atoms with Gasteiger partial charge in [0.15, 0.2) is 12.4 Å². The highest BCUT2D eigenvalue weighted by Gasteiger charge is 2.02. The Kier molecular flexibility index (Phi) is 3.28. The molecule has 0 bridgehead atoms. The predicted octanol–water partition coefficient (Wildman–Crippen LogP) is 3.45. The summed E-state index contributed by atoms with van der Waals surface area (Å²) in [6, 6.07) is 19.6. The van der Waals surface area contributed by atoms with Crippen molar-refractivity contribution in [1.29, 1.82) is 0 Å². The summed E-state index contributed by atoms with van der Waals surface area (Å²) in [6.07, 6.45) is 6.40. The van der Waals surface area contributed by atoms with E-state index < -0.39 is 0 Å². The van der Waals surface area contributed by atoms with E-state index in [1.54, 1.807) is 0 Å². The SMILES string of the molecule is C[n+]1ccc(CCc2cccc3ccccc23)cc1. The van der Waals surface area contributed by atoms with Crippen LogP contribution in [0, 0.1) is 0 Å². The summed E-state index contributed by atoms with van der Waals surface area (Å²) in [5.74, 6) is 0. The van der Waals surface area contributed by atoms with Crippen molar-refractivity contribution in [3.8, 4) is 0 Å². The van der Waals surface area contributed by atoms with Crippen LogP contribution in [0.15, 0.2) is 67.0 Å². The van der Waals surface area contributed by atoms with Gasteiger partial charge in [-0.15, -0.1) is 0 Å². The average Bonchev–Trinajstić information content (AvgIpc) is 2.47. The van der Waals surface area contributed by atoms with Gasteiger partial charge in [-0.05, 0) is 34.7 Å². The number of fused-ring (bicyclic) bond motifs is 1. The molecule has 1 nitrogen and oxygen atoms in total.